The summed E-state index contributed by atoms with van der Waals surface area (Å²) in [5.74, 6) is 1.56. The van der Waals surface area contributed by atoms with Crippen molar-refractivity contribution in [3.63, 3.8) is 0 Å². The van der Waals surface area contributed by atoms with Gasteiger partial charge in [0.1, 0.15) is 11.5 Å². The molecule has 1 heterocycles. The van der Waals surface area contributed by atoms with Crippen LogP contribution >= 0.6 is 23.2 Å². The Kier molecular flexibility index (Phi) is 5.35. The monoisotopic (exact) mass is 313 g/mol. The fraction of sp³-hybridized carbons (Fsp3) is 0.333. The van der Waals surface area contributed by atoms with Crippen molar-refractivity contribution in [1.82, 2.24) is 5.32 Å². The molecule has 0 aliphatic rings. The summed E-state index contributed by atoms with van der Waals surface area (Å²) in [4.78, 5) is 0. The zero-order valence-electron chi connectivity index (χ0n) is 11.5. The van der Waals surface area contributed by atoms with E-state index in [1.165, 1.54) is 0 Å². The van der Waals surface area contributed by atoms with E-state index in [4.69, 9.17) is 32.4 Å². The first-order chi connectivity index (χ1) is 9.56. The minimum atomic E-state index is 0.0532. The molecule has 3 nitrogen and oxygen atoms in total. The Morgan fingerprint density at radius 3 is 2.70 bits per heavy atom. The lowest BCUT2D eigenvalue weighted by Crippen LogP contribution is -2.15. The van der Waals surface area contributed by atoms with Gasteiger partial charge in [0.15, 0.2) is 0 Å². The van der Waals surface area contributed by atoms with Crippen LogP contribution in [0.2, 0.25) is 10.0 Å². The van der Waals surface area contributed by atoms with Crippen LogP contribution in [-0.4, -0.2) is 6.10 Å². The van der Waals surface area contributed by atoms with Crippen molar-refractivity contribution >= 4 is 23.2 Å². The predicted molar refractivity (Wildman–Crippen MR) is 81.5 cm³/mol. The van der Waals surface area contributed by atoms with Crippen molar-refractivity contribution in [3.8, 4) is 5.75 Å². The number of rotatable bonds is 6. The van der Waals surface area contributed by atoms with Gasteiger partial charge in [-0.1, -0.05) is 23.2 Å². The van der Waals surface area contributed by atoms with Crippen molar-refractivity contribution in [2.24, 2.45) is 0 Å². The van der Waals surface area contributed by atoms with Gasteiger partial charge in [-0.15, -0.1) is 0 Å². The first-order valence-corrected chi connectivity index (χ1v) is 7.19. The van der Waals surface area contributed by atoms with Crippen molar-refractivity contribution < 1.29 is 9.15 Å². The predicted octanol–water partition coefficient (Wildman–Crippen LogP) is 4.66. The minimum absolute atomic E-state index is 0.0532. The van der Waals surface area contributed by atoms with Crippen molar-refractivity contribution in [1.29, 1.82) is 0 Å². The molecule has 20 heavy (non-hydrogen) atoms. The average Bonchev–Trinajstić information content (AvgIpc) is 2.86. The third-order valence-electron chi connectivity index (χ3n) is 2.63. The number of hydrogen-bond donors (Lipinski definition) is 1. The summed E-state index contributed by atoms with van der Waals surface area (Å²) in [6, 6.07) is 7.33. The number of ether oxygens (including phenoxy) is 1. The van der Waals surface area contributed by atoms with Crippen LogP contribution in [0.3, 0.4) is 0 Å². The summed E-state index contributed by atoms with van der Waals surface area (Å²) in [6.07, 6.45) is 1.71. The van der Waals surface area contributed by atoms with Gasteiger partial charge >= 0.3 is 0 Å². The molecule has 2 rings (SSSR count). The number of nitrogens with one attached hydrogen (secondary N) is 1. The molecule has 0 saturated carbocycles. The first-order valence-electron chi connectivity index (χ1n) is 6.44. The highest BCUT2D eigenvalue weighted by Gasteiger charge is 2.12. The quantitative estimate of drug-likeness (QED) is 0.842. The third kappa shape index (κ3) is 4.17. The maximum absolute atomic E-state index is 6.20. The lowest BCUT2D eigenvalue weighted by atomic mass is 10.2. The molecular formula is C15H17Cl2NO2. The van der Waals surface area contributed by atoms with Crippen molar-refractivity contribution in [2.75, 3.05) is 0 Å². The molecule has 0 spiro atoms. The van der Waals surface area contributed by atoms with Crippen molar-refractivity contribution in [2.45, 2.75) is 33.0 Å². The van der Waals surface area contributed by atoms with Gasteiger partial charge < -0.3 is 14.5 Å². The molecule has 1 N–H and O–H groups in total. The SMILES string of the molecule is CC(C)Oc1c(Cl)cc(Cl)cc1CNCc1ccco1. The summed E-state index contributed by atoms with van der Waals surface area (Å²) >= 11 is 12.3. The fourth-order valence-corrected chi connectivity index (χ4v) is 2.43. The molecule has 0 fully saturated rings. The fourth-order valence-electron chi connectivity index (χ4n) is 1.85. The van der Waals surface area contributed by atoms with Crippen LogP contribution in [0.15, 0.2) is 34.9 Å². The Morgan fingerprint density at radius 2 is 2.05 bits per heavy atom. The molecule has 0 aliphatic heterocycles. The smallest absolute Gasteiger partial charge is 0.142 e. The van der Waals surface area contributed by atoms with Crippen LogP contribution in [0.4, 0.5) is 0 Å². The van der Waals surface area contributed by atoms with E-state index >= 15 is 0 Å². The van der Waals surface area contributed by atoms with E-state index in [1.807, 2.05) is 32.0 Å². The van der Waals surface area contributed by atoms with E-state index in [-0.39, 0.29) is 6.10 Å². The van der Waals surface area contributed by atoms with Gasteiger partial charge in [0.25, 0.3) is 0 Å². The molecule has 5 heteroatoms. The third-order valence-corrected chi connectivity index (χ3v) is 3.13. The highest BCUT2D eigenvalue weighted by Crippen LogP contribution is 2.33. The van der Waals surface area contributed by atoms with Gasteiger partial charge in [-0.3, -0.25) is 0 Å². The van der Waals surface area contributed by atoms with E-state index in [1.54, 1.807) is 12.3 Å². The Bertz CT molecular complexity index is 553. The molecule has 0 saturated heterocycles. The molecule has 0 amide bonds. The van der Waals surface area contributed by atoms with Crippen LogP contribution in [0.5, 0.6) is 5.75 Å². The summed E-state index contributed by atoms with van der Waals surface area (Å²) in [5.41, 5.74) is 0.933. The van der Waals surface area contributed by atoms with Crippen molar-refractivity contribution in [3.05, 3.63) is 51.9 Å². The van der Waals surface area contributed by atoms with Crippen LogP contribution in [0.25, 0.3) is 0 Å². The molecule has 0 atom stereocenters. The Morgan fingerprint density at radius 1 is 1.25 bits per heavy atom. The first kappa shape index (κ1) is 15.2. The van der Waals surface area contributed by atoms with Gasteiger partial charge in [-0.05, 0) is 38.1 Å². The lowest BCUT2D eigenvalue weighted by Gasteiger charge is -2.16. The topological polar surface area (TPSA) is 34.4 Å². The molecule has 2 aromatic rings. The highest BCUT2D eigenvalue weighted by atomic mass is 35.5. The minimum Gasteiger partial charge on any atom is -0.489 e. The normalized spacial score (nSPS) is 11.1. The maximum atomic E-state index is 6.20. The molecule has 1 aromatic heterocycles. The zero-order chi connectivity index (χ0) is 14.5. The van der Waals surface area contributed by atoms with Gasteiger partial charge in [-0.25, -0.2) is 0 Å². The van der Waals surface area contributed by atoms with Crippen LogP contribution in [0, 0.1) is 0 Å². The largest absolute Gasteiger partial charge is 0.489 e. The maximum Gasteiger partial charge on any atom is 0.142 e. The number of furan rings is 1. The Labute approximate surface area is 128 Å². The highest BCUT2D eigenvalue weighted by molar-refractivity contribution is 6.35. The van der Waals surface area contributed by atoms with E-state index in [2.05, 4.69) is 5.32 Å². The molecule has 1 aromatic carbocycles. The summed E-state index contributed by atoms with van der Waals surface area (Å²) < 4.78 is 11.0. The molecule has 108 valence electrons. The number of benzene rings is 1. The average molecular weight is 314 g/mol. The summed E-state index contributed by atoms with van der Waals surface area (Å²) in [6.45, 7) is 5.16. The van der Waals surface area contributed by atoms with Crippen LogP contribution in [-0.2, 0) is 13.1 Å². The molecule has 0 radical (unpaired) electrons. The molecular weight excluding hydrogens is 297 g/mol. The number of halogens is 2. The Hall–Kier alpha value is -1.16. The molecule has 0 bridgehead atoms. The Balaban J connectivity index is 2.08. The summed E-state index contributed by atoms with van der Waals surface area (Å²) in [5, 5.41) is 4.41. The van der Waals surface area contributed by atoms with E-state index in [0.29, 0.717) is 28.9 Å². The van der Waals surface area contributed by atoms with E-state index < -0.39 is 0 Å². The second-order valence-corrected chi connectivity index (χ2v) is 5.57. The van der Waals surface area contributed by atoms with Gasteiger partial charge in [-0.2, -0.15) is 0 Å². The number of hydrogen-bond acceptors (Lipinski definition) is 3. The van der Waals surface area contributed by atoms with Gasteiger partial charge in [0.2, 0.25) is 0 Å². The van der Waals surface area contributed by atoms with Gasteiger partial charge in [0, 0.05) is 17.1 Å². The standard InChI is InChI=1S/C15H17Cl2NO2/c1-10(2)20-15-11(6-12(16)7-14(15)17)8-18-9-13-4-3-5-19-13/h3-7,10,18H,8-9H2,1-2H3. The summed E-state index contributed by atoms with van der Waals surface area (Å²) in [7, 11) is 0. The second-order valence-electron chi connectivity index (χ2n) is 4.73. The van der Waals surface area contributed by atoms with Gasteiger partial charge in [0.05, 0.1) is 23.9 Å². The lowest BCUT2D eigenvalue weighted by molar-refractivity contribution is 0.239. The molecule has 0 aliphatic carbocycles. The second kappa shape index (κ2) is 7.02. The van der Waals surface area contributed by atoms with E-state index in [0.717, 1.165) is 11.3 Å². The molecule has 0 unspecified atom stereocenters. The van der Waals surface area contributed by atoms with Crippen LogP contribution < -0.4 is 10.1 Å². The van der Waals surface area contributed by atoms with E-state index in [9.17, 15) is 0 Å². The zero-order valence-corrected chi connectivity index (χ0v) is 13.0. The van der Waals surface area contributed by atoms with Crippen LogP contribution in [0.1, 0.15) is 25.2 Å².